The number of amides is 1. The summed E-state index contributed by atoms with van der Waals surface area (Å²) in [6.45, 7) is 6.84. The van der Waals surface area contributed by atoms with Crippen LogP contribution in [-0.2, 0) is 4.79 Å². The molecule has 1 aliphatic carbocycles. The molecule has 0 aromatic carbocycles. The van der Waals surface area contributed by atoms with Gasteiger partial charge in [-0.05, 0) is 40.7 Å². The normalized spacial score (nSPS) is 19.6. The van der Waals surface area contributed by atoms with E-state index in [1.54, 1.807) is 0 Å². The van der Waals surface area contributed by atoms with Crippen LogP contribution in [0.4, 0.5) is 0 Å². The molecule has 1 fully saturated rings. The van der Waals surface area contributed by atoms with Crippen molar-refractivity contribution < 1.29 is 9.90 Å². The van der Waals surface area contributed by atoms with E-state index in [9.17, 15) is 9.90 Å². The second-order valence-electron chi connectivity index (χ2n) is 6.40. The van der Waals surface area contributed by atoms with Gasteiger partial charge in [-0.15, -0.1) is 0 Å². The Balaban J connectivity index is 2.34. The highest BCUT2D eigenvalue weighted by atomic mass is 16.3. The Hall–Kier alpha value is -0.610. The molecule has 0 aromatic rings. The number of rotatable bonds is 4. The summed E-state index contributed by atoms with van der Waals surface area (Å²) in [5.74, 6) is 0.0154. The predicted octanol–water partition coefficient (Wildman–Crippen LogP) is 1.14. The first kappa shape index (κ1) is 14.5. The van der Waals surface area contributed by atoms with Crippen LogP contribution < -0.4 is 5.32 Å². The molecule has 1 rings (SSSR count). The molecule has 0 saturated heterocycles. The molecule has 2 N–H and O–H groups in total. The molecule has 0 atom stereocenters. The maximum absolute atomic E-state index is 11.7. The largest absolute Gasteiger partial charge is 0.389 e. The topological polar surface area (TPSA) is 52.6 Å². The van der Waals surface area contributed by atoms with Crippen LogP contribution in [-0.4, -0.2) is 47.2 Å². The van der Waals surface area contributed by atoms with E-state index in [4.69, 9.17) is 0 Å². The fourth-order valence-electron chi connectivity index (χ4n) is 2.45. The molecule has 0 bridgehead atoms. The summed E-state index contributed by atoms with van der Waals surface area (Å²) in [5.41, 5.74) is -0.765. The number of carbonyl (C=O) groups excluding carboxylic acids is 1. The van der Waals surface area contributed by atoms with E-state index in [1.807, 2.05) is 32.7 Å². The average molecular weight is 242 g/mol. The Bertz CT molecular complexity index is 265. The third-order valence-corrected chi connectivity index (χ3v) is 3.03. The van der Waals surface area contributed by atoms with Crippen LogP contribution in [0.5, 0.6) is 0 Å². The summed E-state index contributed by atoms with van der Waals surface area (Å²) >= 11 is 0. The highest BCUT2D eigenvalue weighted by Gasteiger charge is 2.32. The molecule has 100 valence electrons. The lowest BCUT2D eigenvalue weighted by atomic mass is 10.0. The lowest BCUT2D eigenvalue weighted by Gasteiger charge is -2.29. The molecule has 0 radical (unpaired) electrons. The van der Waals surface area contributed by atoms with Gasteiger partial charge in [-0.2, -0.15) is 0 Å². The van der Waals surface area contributed by atoms with Gasteiger partial charge in [0.1, 0.15) is 0 Å². The molecule has 0 aliphatic heterocycles. The van der Waals surface area contributed by atoms with Crippen molar-refractivity contribution in [3.8, 4) is 0 Å². The lowest BCUT2D eigenvalue weighted by Crippen LogP contribution is -2.48. The van der Waals surface area contributed by atoms with Gasteiger partial charge in [-0.25, -0.2) is 0 Å². The van der Waals surface area contributed by atoms with Crippen molar-refractivity contribution in [1.29, 1.82) is 0 Å². The summed E-state index contributed by atoms with van der Waals surface area (Å²) < 4.78 is 0. The minimum Gasteiger partial charge on any atom is -0.389 e. The Morgan fingerprint density at radius 2 is 1.88 bits per heavy atom. The number of hydrogen-bond donors (Lipinski definition) is 2. The maximum atomic E-state index is 11.7. The third-order valence-electron chi connectivity index (χ3n) is 3.03. The van der Waals surface area contributed by atoms with Crippen molar-refractivity contribution in [2.45, 2.75) is 57.6 Å². The van der Waals surface area contributed by atoms with E-state index >= 15 is 0 Å². The molecule has 0 aromatic heterocycles. The Morgan fingerprint density at radius 1 is 1.35 bits per heavy atom. The van der Waals surface area contributed by atoms with Crippen molar-refractivity contribution in [2.24, 2.45) is 0 Å². The number of likely N-dealkylation sites (N-methyl/N-ethyl adjacent to an activating group) is 1. The summed E-state index contributed by atoms with van der Waals surface area (Å²) in [5, 5.41) is 13.2. The minimum atomic E-state index is -0.573. The molecular formula is C13H26N2O2. The summed E-state index contributed by atoms with van der Waals surface area (Å²) in [6.07, 6.45) is 3.91. The van der Waals surface area contributed by atoms with E-state index in [-0.39, 0.29) is 11.4 Å². The molecule has 1 aliphatic rings. The van der Waals surface area contributed by atoms with E-state index in [2.05, 4.69) is 5.32 Å². The maximum Gasteiger partial charge on any atom is 0.234 e. The number of nitrogens with zero attached hydrogens (tertiary/aromatic N) is 1. The first-order valence-corrected chi connectivity index (χ1v) is 6.42. The van der Waals surface area contributed by atoms with E-state index in [1.165, 1.54) is 0 Å². The fraction of sp³-hybridized carbons (Fsp3) is 0.923. The number of aliphatic hydroxyl groups is 1. The molecule has 17 heavy (non-hydrogen) atoms. The SMILES string of the molecule is CN(CC(=O)NC(C)(C)C)CC1(O)CCCC1. The van der Waals surface area contributed by atoms with Crippen LogP contribution in [0.1, 0.15) is 46.5 Å². The van der Waals surface area contributed by atoms with Gasteiger partial charge in [0.05, 0.1) is 12.1 Å². The van der Waals surface area contributed by atoms with E-state index < -0.39 is 5.60 Å². The molecule has 1 amide bonds. The predicted molar refractivity (Wildman–Crippen MR) is 68.8 cm³/mol. The second kappa shape index (κ2) is 5.36. The monoisotopic (exact) mass is 242 g/mol. The van der Waals surface area contributed by atoms with E-state index in [0.29, 0.717) is 13.1 Å². The average Bonchev–Trinajstić information content (AvgIpc) is 2.46. The number of carbonyl (C=O) groups is 1. The van der Waals surface area contributed by atoms with Gasteiger partial charge in [-0.3, -0.25) is 9.69 Å². The van der Waals surface area contributed by atoms with Gasteiger partial charge in [0.2, 0.25) is 5.91 Å². The first-order valence-electron chi connectivity index (χ1n) is 6.42. The molecule has 1 saturated carbocycles. The van der Waals surface area contributed by atoms with Crippen LogP contribution in [0.25, 0.3) is 0 Å². The third kappa shape index (κ3) is 5.50. The van der Waals surface area contributed by atoms with Gasteiger partial charge in [0.25, 0.3) is 0 Å². The zero-order chi connectivity index (χ0) is 13.1. The minimum absolute atomic E-state index is 0.0154. The van der Waals surface area contributed by atoms with Gasteiger partial charge in [0, 0.05) is 12.1 Å². The highest BCUT2D eigenvalue weighted by Crippen LogP contribution is 2.29. The zero-order valence-electron chi connectivity index (χ0n) is 11.5. The molecular weight excluding hydrogens is 216 g/mol. The summed E-state index contributed by atoms with van der Waals surface area (Å²) in [4.78, 5) is 13.6. The van der Waals surface area contributed by atoms with Crippen molar-refractivity contribution in [3.63, 3.8) is 0 Å². The van der Waals surface area contributed by atoms with Gasteiger partial charge in [0.15, 0.2) is 0 Å². The van der Waals surface area contributed by atoms with Crippen molar-refractivity contribution in [3.05, 3.63) is 0 Å². The number of hydrogen-bond acceptors (Lipinski definition) is 3. The number of nitrogens with one attached hydrogen (secondary N) is 1. The van der Waals surface area contributed by atoms with Crippen LogP contribution >= 0.6 is 0 Å². The standard InChI is InChI=1S/C13H26N2O2/c1-12(2,3)14-11(16)9-15(4)10-13(17)7-5-6-8-13/h17H,5-10H2,1-4H3,(H,14,16). The van der Waals surface area contributed by atoms with Gasteiger partial charge < -0.3 is 10.4 Å². The highest BCUT2D eigenvalue weighted by molar-refractivity contribution is 5.78. The fourth-order valence-corrected chi connectivity index (χ4v) is 2.45. The molecule has 0 unspecified atom stereocenters. The second-order valence-corrected chi connectivity index (χ2v) is 6.40. The van der Waals surface area contributed by atoms with Gasteiger partial charge in [-0.1, -0.05) is 12.8 Å². The van der Waals surface area contributed by atoms with Crippen LogP contribution in [0.15, 0.2) is 0 Å². The van der Waals surface area contributed by atoms with Crippen LogP contribution in [0.2, 0.25) is 0 Å². The van der Waals surface area contributed by atoms with Crippen molar-refractivity contribution >= 4 is 5.91 Å². The van der Waals surface area contributed by atoms with Crippen LogP contribution in [0.3, 0.4) is 0 Å². The molecule has 0 spiro atoms. The molecule has 4 nitrogen and oxygen atoms in total. The lowest BCUT2D eigenvalue weighted by molar-refractivity contribution is -0.124. The van der Waals surface area contributed by atoms with Crippen molar-refractivity contribution in [2.75, 3.05) is 20.1 Å². The van der Waals surface area contributed by atoms with Crippen molar-refractivity contribution in [1.82, 2.24) is 10.2 Å². The van der Waals surface area contributed by atoms with Gasteiger partial charge >= 0.3 is 0 Å². The Kier molecular flexibility index (Phi) is 4.55. The summed E-state index contributed by atoms with van der Waals surface area (Å²) in [7, 11) is 1.89. The smallest absolute Gasteiger partial charge is 0.234 e. The van der Waals surface area contributed by atoms with E-state index in [0.717, 1.165) is 25.7 Å². The summed E-state index contributed by atoms with van der Waals surface area (Å²) in [6, 6.07) is 0. The quantitative estimate of drug-likeness (QED) is 0.777. The molecule has 0 heterocycles. The Labute approximate surface area is 104 Å². The molecule has 4 heteroatoms. The first-order chi connectivity index (χ1) is 7.70. The Morgan fingerprint density at radius 3 is 2.35 bits per heavy atom. The van der Waals surface area contributed by atoms with Crippen LogP contribution in [0, 0.1) is 0 Å². The zero-order valence-corrected chi connectivity index (χ0v) is 11.5.